The standard InChI is InChI=1S/C25H20Br2ClNO/c1-16-23(28)10-5-11-24(16)29-14-17-12-21(26)25(22(27)13-17)30-15-19-8-4-7-18-6-2-3-9-20(18)19/h2-13,29H,14-15H2,1H3. The van der Waals surface area contributed by atoms with E-state index in [0.29, 0.717) is 13.2 Å². The van der Waals surface area contributed by atoms with Crippen molar-refractivity contribution >= 4 is 59.9 Å². The molecule has 4 aromatic rings. The fourth-order valence-corrected chi connectivity index (χ4v) is 5.10. The van der Waals surface area contributed by atoms with Crippen LogP contribution in [0.3, 0.4) is 0 Å². The predicted molar refractivity (Wildman–Crippen MR) is 134 cm³/mol. The molecule has 0 saturated heterocycles. The van der Waals surface area contributed by atoms with Crippen molar-refractivity contribution in [2.45, 2.75) is 20.1 Å². The Kier molecular flexibility index (Phi) is 6.67. The minimum atomic E-state index is 0.498. The van der Waals surface area contributed by atoms with Crippen LogP contribution in [-0.2, 0) is 13.2 Å². The summed E-state index contributed by atoms with van der Waals surface area (Å²) >= 11 is 13.6. The number of rotatable bonds is 6. The Hall–Kier alpha value is -2.01. The van der Waals surface area contributed by atoms with Gasteiger partial charge in [-0.1, -0.05) is 60.1 Å². The first-order valence-corrected chi connectivity index (χ1v) is 11.6. The van der Waals surface area contributed by atoms with Gasteiger partial charge in [0, 0.05) is 17.3 Å². The van der Waals surface area contributed by atoms with Crippen LogP contribution < -0.4 is 10.1 Å². The van der Waals surface area contributed by atoms with Gasteiger partial charge in [0.05, 0.1) is 8.95 Å². The zero-order valence-electron chi connectivity index (χ0n) is 16.4. The smallest absolute Gasteiger partial charge is 0.148 e. The number of nitrogens with one attached hydrogen (secondary N) is 1. The van der Waals surface area contributed by atoms with Gasteiger partial charge in [0.15, 0.2) is 0 Å². The lowest BCUT2D eigenvalue weighted by molar-refractivity contribution is 0.303. The predicted octanol–water partition coefficient (Wildman–Crippen LogP) is 8.52. The van der Waals surface area contributed by atoms with Crippen molar-refractivity contribution in [3.8, 4) is 5.75 Å². The minimum absolute atomic E-state index is 0.498. The molecule has 0 saturated carbocycles. The molecule has 0 unspecified atom stereocenters. The highest BCUT2D eigenvalue weighted by Gasteiger charge is 2.11. The van der Waals surface area contributed by atoms with Crippen molar-refractivity contribution in [3.05, 3.63) is 103 Å². The molecule has 0 aliphatic heterocycles. The summed E-state index contributed by atoms with van der Waals surface area (Å²) in [7, 11) is 0. The molecule has 0 aliphatic rings. The van der Waals surface area contributed by atoms with E-state index in [2.05, 4.69) is 91.8 Å². The number of ether oxygens (including phenoxy) is 1. The first kappa shape index (κ1) is 21.2. The molecule has 152 valence electrons. The molecule has 0 fully saturated rings. The SMILES string of the molecule is Cc1c(Cl)cccc1NCc1cc(Br)c(OCc2cccc3ccccc23)c(Br)c1. The molecule has 0 atom stereocenters. The fraction of sp³-hybridized carbons (Fsp3) is 0.120. The average molecular weight is 546 g/mol. The van der Waals surface area contributed by atoms with Gasteiger partial charge in [0.25, 0.3) is 0 Å². The zero-order valence-corrected chi connectivity index (χ0v) is 20.3. The second-order valence-electron chi connectivity index (χ2n) is 7.08. The number of fused-ring (bicyclic) bond motifs is 1. The van der Waals surface area contributed by atoms with E-state index in [9.17, 15) is 0 Å². The van der Waals surface area contributed by atoms with Crippen LogP contribution in [-0.4, -0.2) is 0 Å². The van der Waals surface area contributed by atoms with Crippen LogP contribution in [0.2, 0.25) is 5.02 Å². The molecule has 0 aromatic heterocycles. The van der Waals surface area contributed by atoms with Crippen LogP contribution in [0.25, 0.3) is 10.8 Å². The number of benzene rings is 4. The first-order chi connectivity index (χ1) is 14.5. The maximum Gasteiger partial charge on any atom is 0.148 e. The summed E-state index contributed by atoms with van der Waals surface area (Å²) in [4.78, 5) is 0. The number of halogens is 3. The van der Waals surface area contributed by atoms with E-state index in [0.717, 1.165) is 42.1 Å². The molecule has 0 spiro atoms. The monoisotopic (exact) mass is 543 g/mol. The molecule has 1 N–H and O–H groups in total. The van der Waals surface area contributed by atoms with E-state index in [-0.39, 0.29) is 0 Å². The lowest BCUT2D eigenvalue weighted by atomic mass is 10.1. The van der Waals surface area contributed by atoms with Gasteiger partial charge >= 0.3 is 0 Å². The Morgan fingerprint density at radius 2 is 1.60 bits per heavy atom. The highest BCUT2D eigenvalue weighted by Crippen LogP contribution is 2.36. The number of hydrogen-bond acceptors (Lipinski definition) is 2. The van der Waals surface area contributed by atoms with Crippen LogP contribution in [0.5, 0.6) is 5.75 Å². The van der Waals surface area contributed by atoms with Gasteiger partial charge in [-0.05, 0) is 90.5 Å². The molecule has 30 heavy (non-hydrogen) atoms. The second kappa shape index (κ2) is 9.42. The maximum absolute atomic E-state index is 6.22. The Morgan fingerprint density at radius 1 is 0.900 bits per heavy atom. The Morgan fingerprint density at radius 3 is 2.40 bits per heavy atom. The molecule has 0 radical (unpaired) electrons. The minimum Gasteiger partial charge on any atom is -0.487 e. The zero-order chi connectivity index (χ0) is 21.1. The molecule has 4 rings (SSSR count). The Bertz CT molecular complexity index is 1180. The summed E-state index contributed by atoms with van der Waals surface area (Å²) in [6, 6.07) is 24.7. The summed E-state index contributed by atoms with van der Waals surface area (Å²) in [6.07, 6.45) is 0. The summed E-state index contributed by atoms with van der Waals surface area (Å²) < 4.78 is 8.01. The van der Waals surface area contributed by atoms with E-state index < -0.39 is 0 Å². The summed E-state index contributed by atoms with van der Waals surface area (Å²) in [5, 5.41) is 6.65. The quantitative estimate of drug-likeness (QED) is 0.262. The van der Waals surface area contributed by atoms with Crippen LogP contribution >= 0.6 is 43.5 Å². The van der Waals surface area contributed by atoms with Crippen LogP contribution in [0.4, 0.5) is 5.69 Å². The van der Waals surface area contributed by atoms with Crippen molar-refractivity contribution in [1.29, 1.82) is 0 Å². The van der Waals surface area contributed by atoms with E-state index in [1.54, 1.807) is 0 Å². The third kappa shape index (κ3) is 4.66. The number of anilines is 1. The molecular formula is C25H20Br2ClNO. The van der Waals surface area contributed by atoms with Crippen molar-refractivity contribution in [2.24, 2.45) is 0 Å². The van der Waals surface area contributed by atoms with E-state index in [1.165, 1.54) is 10.8 Å². The molecule has 2 nitrogen and oxygen atoms in total. The van der Waals surface area contributed by atoms with Gasteiger partial charge in [-0.15, -0.1) is 0 Å². The summed E-state index contributed by atoms with van der Waals surface area (Å²) in [5.74, 6) is 0.797. The molecular weight excluding hydrogens is 526 g/mol. The summed E-state index contributed by atoms with van der Waals surface area (Å²) in [5.41, 5.74) is 4.37. The fourth-order valence-electron chi connectivity index (χ4n) is 3.42. The Labute approximate surface area is 198 Å². The van der Waals surface area contributed by atoms with Crippen molar-refractivity contribution < 1.29 is 4.74 Å². The topological polar surface area (TPSA) is 21.3 Å². The molecule has 4 aromatic carbocycles. The van der Waals surface area contributed by atoms with Crippen molar-refractivity contribution in [2.75, 3.05) is 5.32 Å². The molecule has 0 heterocycles. The van der Waals surface area contributed by atoms with Crippen LogP contribution in [0.15, 0.2) is 81.7 Å². The van der Waals surface area contributed by atoms with E-state index in [4.69, 9.17) is 16.3 Å². The number of hydrogen-bond donors (Lipinski definition) is 1. The van der Waals surface area contributed by atoms with Crippen LogP contribution in [0, 0.1) is 6.92 Å². The largest absolute Gasteiger partial charge is 0.487 e. The van der Waals surface area contributed by atoms with E-state index >= 15 is 0 Å². The normalized spacial score (nSPS) is 10.9. The summed E-state index contributed by atoms with van der Waals surface area (Å²) in [6.45, 7) is 3.20. The highest BCUT2D eigenvalue weighted by atomic mass is 79.9. The average Bonchev–Trinajstić information content (AvgIpc) is 2.74. The maximum atomic E-state index is 6.22. The lowest BCUT2D eigenvalue weighted by Gasteiger charge is -2.15. The van der Waals surface area contributed by atoms with Gasteiger partial charge in [0.1, 0.15) is 12.4 Å². The van der Waals surface area contributed by atoms with Crippen LogP contribution in [0.1, 0.15) is 16.7 Å². The Balaban J connectivity index is 1.49. The van der Waals surface area contributed by atoms with Gasteiger partial charge in [-0.3, -0.25) is 0 Å². The van der Waals surface area contributed by atoms with Gasteiger partial charge in [-0.2, -0.15) is 0 Å². The van der Waals surface area contributed by atoms with E-state index in [1.807, 2.05) is 25.1 Å². The molecule has 5 heteroatoms. The van der Waals surface area contributed by atoms with Crippen molar-refractivity contribution in [3.63, 3.8) is 0 Å². The lowest BCUT2D eigenvalue weighted by Crippen LogP contribution is -2.03. The third-order valence-electron chi connectivity index (χ3n) is 5.06. The molecule has 0 amide bonds. The molecule has 0 bridgehead atoms. The molecule has 0 aliphatic carbocycles. The van der Waals surface area contributed by atoms with Crippen molar-refractivity contribution in [1.82, 2.24) is 0 Å². The highest BCUT2D eigenvalue weighted by molar-refractivity contribution is 9.11. The van der Waals surface area contributed by atoms with Gasteiger partial charge in [0.2, 0.25) is 0 Å². The first-order valence-electron chi connectivity index (χ1n) is 9.59. The third-order valence-corrected chi connectivity index (χ3v) is 6.65. The van der Waals surface area contributed by atoms with Gasteiger partial charge < -0.3 is 10.1 Å². The second-order valence-corrected chi connectivity index (χ2v) is 9.20. The van der Waals surface area contributed by atoms with Gasteiger partial charge in [-0.25, -0.2) is 0 Å².